The molecule has 1 saturated carbocycles. The third-order valence-electron chi connectivity index (χ3n) is 6.07. The second-order valence-corrected chi connectivity index (χ2v) is 7.79. The van der Waals surface area contributed by atoms with E-state index >= 15 is 0 Å². The van der Waals surface area contributed by atoms with Gasteiger partial charge in [0, 0.05) is 31.7 Å². The van der Waals surface area contributed by atoms with Gasteiger partial charge in [-0.05, 0) is 49.6 Å². The first-order valence-corrected chi connectivity index (χ1v) is 10.1. The summed E-state index contributed by atoms with van der Waals surface area (Å²) in [7, 11) is 1.73. The van der Waals surface area contributed by atoms with E-state index in [-0.39, 0.29) is 23.8 Å². The van der Waals surface area contributed by atoms with E-state index in [0.717, 1.165) is 37.9 Å². The number of carbonyl (C=O) groups excluding carboxylic acids is 1. The Morgan fingerprint density at radius 3 is 2.72 bits per heavy atom. The molecular weight excluding hydrogens is 375 g/mol. The van der Waals surface area contributed by atoms with Crippen molar-refractivity contribution in [1.82, 2.24) is 20.0 Å². The number of likely N-dealkylation sites (N-methyl/N-ethyl adjacent to an activating group) is 1. The Morgan fingerprint density at radius 2 is 2.00 bits per heavy atom. The van der Waals surface area contributed by atoms with Gasteiger partial charge in [-0.1, -0.05) is 0 Å². The molecule has 29 heavy (non-hydrogen) atoms. The molecule has 2 N–H and O–H groups in total. The van der Waals surface area contributed by atoms with Crippen molar-refractivity contribution >= 4 is 5.91 Å². The zero-order chi connectivity index (χ0) is 20.4. The second-order valence-electron chi connectivity index (χ2n) is 7.79. The lowest BCUT2D eigenvalue weighted by molar-refractivity contribution is -0.0614. The van der Waals surface area contributed by atoms with Gasteiger partial charge in [0.05, 0.1) is 31.1 Å². The van der Waals surface area contributed by atoms with Gasteiger partial charge in [0.1, 0.15) is 11.5 Å². The van der Waals surface area contributed by atoms with Crippen LogP contribution in [0, 0.1) is 5.82 Å². The molecule has 2 aromatic rings. The molecule has 7 nitrogen and oxygen atoms in total. The van der Waals surface area contributed by atoms with Crippen molar-refractivity contribution in [3.8, 4) is 11.3 Å². The standard InChI is InChI=1S/C21H27FN4O3/c1-25(18-3-2-4-19(20(18)27)26-9-11-29-12-10-26)21(28)17-13-16(23-24-17)14-5-7-15(22)8-6-14/h5-8,13,18-20,27H,2-4,9-12H2,1H3,(H,23,24)/t18-,19-,20-/m1/s1. The van der Waals surface area contributed by atoms with E-state index in [1.165, 1.54) is 12.1 Å². The van der Waals surface area contributed by atoms with Crippen molar-refractivity contribution < 1.29 is 19.0 Å². The number of aliphatic hydroxyl groups is 1. The summed E-state index contributed by atoms with van der Waals surface area (Å²) in [4.78, 5) is 16.9. The van der Waals surface area contributed by atoms with Crippen LogP contribution in [-0.4, -0.2) is 82.5 Å². The van der Waals surface area contributed by atoms with Gasteiger partial charge < -0.3 is 14.7 Å². The first-order valence-electron chi connectivity index (χ1n) is 10.1. The van der Waals surface area contributed by atoms with Crippen LogP contribution in [-0.2, 0) is 4.74 Å². The molecule has 1 aromatic heterocycles. The number of ether oxygens (including phenoxy) is 1. The molecule has 3 atom stereocenters. The third kappa shape index (κ3) is 4.19. The fourth-order valence-corrected chi connectivity index (χ4v) is 4.40. The zero-order valence-electron chi connectivity index (χ0n) is 16.6. The molecule has 1 amide bonds. The molecule has 8 heteroatoms. The number of carbonyl (C=O) groups is 1. The number of halogens is 1. The maximum absolute atomic E-state index is 13.1. The van der Waals surface area contributed by atoms with Gasteiger partial charge >= 0.3 is 0 Å². The van der Waals surface area contributed by atoms with Crippen LogP contribution in [0.1, 0.15) is 29.8 Å². The number of aliphatic hydroxyl groups excluding tert-OH is 1. The van der Waals surface area contributed by atoms with Crippen LogP contribution >= 0.6 is 0 Å². The van der Waals surface area contributed by atoms with Crippen LogP contribution in [0.3, 0.4) is 0 Å². The minimum atomic E-state index is -0.602. The maximum Gasteiger partial charge on any atom is 0.271 e. The van der Waals surface area contributed by atoms with Crippen LogP contribution in [0.2, 0.25) is 0 Å². The van der Waals surface area contributed by atoms with Crippen LogP contribution in [0.4, 0.5) is 4.39 Å². The number of rotatable bonds is 4. The average Bonchev–Trinajstić information content (AvgIpc) is 3.24. The van der Waals surface area contributed by atoms with Gasteiger partial charge in [-0.25, -0.2) is 4.39 Å². The highest BCUT2D eigenvalue weighted by Gasteiger charge is 2.39. The van der Waals surface area contributed by atoms with Crippen LogP contribution in [0.5, 0.6) is 0 Å². The topological polar surface area (TPSA) is 81.7 Å². The second kappa shape index (κ2) is 8.61. The van der Waals surface area contributed by atoms with E-state index in [0.29, 0.717) is 24.6 Å². The van der Waals surface area contributed by atoms with E-state index in [1.54, 1.807) is 30.1 Å². The Kier molecular flexibility index (Phi) is 5.94. The first-order chi connectivity index (χ1) is 14.0. The normalized spacial score (nSPS) is 25.7. The molecule has 0 radical (unpaired) electrons. The van der Waals surface area contributed by atoms with Crippen molar-refractivity contribution in [1.29, 1.82) is 0 Å². The number of hydrogen-bond donors (Lipinski definition) is 2. The van der Waals surface area contributed by atoms with Crippen molar-refractivity contribution in [2.45, 2.75) is 37.5 Å². The number of aromatic nitrogens is 2. The molecule has 2 fully saturated rings. The number of hydrogen-bond acceptors (Lipinski definition) is 5. The molecule has 0 bridgehead atoms. The Balaban J connectivity index is 1.46. The number of morpholine rings is 1. The lowest BCUT2D eigenvalue weighted by atomic mass is 9.86. The predicted octanol–water partition coefficient (Wildman–Crippen LogP) is 1.90. The summed E-state index contributed by atoms with van der Waals surface area (Å²) in [5, 5.41) is 18.0. The molecular formula is C21H27FN4O3. The van der Waals surface area contributed by atoms with Gasteiger partial charge in [-0.15, -0.1) is 0 Å². The Bertz CT molecular complexity index is 835. The van der Waals surface area contributed by atoms with Crippen LogP contribution < -0.4 is 0 Å². The van der Waals surface area contributed by atoms with Gasteiger partial charge in [0.2, 0.25) is 0 Å². The lowest BCUT2D eigenvalue weighted by Gasteiger charge is -2.45. The Hall–Kier alpha value is -2.29. The molecule has 4 rings (SSSR count). The average molecular weight is 402 g/mol. The minimum absolute atomic E-state index is 0.0458. The molecule has 1 saturated heterocycles. The largest absolute Gasteiger partial charge is 0.389 e. The van der Waals surface area contributed by atoms with Crippen molar-refractivity contribution in [2.75, 3.05) is 33.4 Å². The summed E-state index contributed by atoms with van der Waals surface area (Å²) >= 11 is 0. The van der Waals surface area contributed by atoms with E-state index in [2.05, 4.69) is 15.1 Å². The maximum atomic E-state index is 13.1. The smallest absolute Gasteiger partial charge is 0.271 e. The van der Waals surface area contributed by atoms with Gasteiger partial charge in [0.25, 0.3) is 5.91 Å². The van der Waals surface area contributed by atoms with Crippen LogP contribution in [0.15, 0.2) is 30.3 Å². The highest BCUT2D eigenvalue weighted by molar-refractivity contribution is 5.93. The van der Waals surface area contributed by atoms with E-state index in [9.17, 15) is 14.3 Å². The van der Waals surface area contributed by atoms with Crippen molar-refractivity contribution in [3.63, 3.8) is 0 Å². The van der Waals surface area contributed by atoms with E-state index in [4.69, 9.17) is 4.74 Å². The Morgan fingerprint density at radius 1 is 1.28 bits per heavy atom. The summed E-state index contributed by atoms with van der Waals surface area (Å²) in [6.07, 6.45) is 2.06. The van der Waals surface area contributed by atoms with E-state index in [1.807, 2.05) is 0 Å². The fourth-order valence-electron chi connectivity index (χ4n) is 4.40. The zero-order valence-corrected chi connectivity index (χ0v) is 16.6. The molecule has 0 spiro atoms. The summed E-state index contributed by atoms with van der Waals surface area (Å²) in [6, 6.07) is 7.44. The summed E-state index contributed by atoms with van der Waals surface area (Å²) in [6.45, 7) is 2.99. The summed E-state index contributed by atoms with van der Waals surface area (Å²) in [5.41, 5.74) is 1.67. The number of nitrogens with one attached hydrogen (secondary N) is 1. The summed E-state index contributed by atoms with van der Waals surface area (Å²) in [5.74, 6) is -0.529. The molecule has 156 valence electrons. The quantitative estimate of drug-likeness (QED) is 0.817. The van der Waals surface area contributed by atoms with Crippen molar-refractivity contribution in [3.05, 3.63) is 41.8 Å². The summed E-state index contributed by atoms with van der Waals surface area (Å²) < 4.78 is 18.5. The third-order valence-corrected chi connectivity index (χ3v) is 6.07. The number of nitrogens with zero attached hydrogens (tertiary/aromatic N) is 3. The van der Waals surface area contributed by atoms with Gasteiger partial charge in [-0.2, -0.15) is 5.10 Å². The molecule has 1 aliphatic heterocycles. The molecule has 1 aliphatic carbocycles. The van der Waals surface area contributed by atoms with E-state index < -0.39 is 6.10 Å². The van der Waals surface area contributed by atoms with Crippen LogP contribution in [0.25, 0.3) is 11.3 Å². The number of aromatic amines is 1. The predicted molar refractivity (Wildman–Crippen MR) is 106 cm³/mol. The first kappa shape index (κ1) is 20.0. The highest BCUT2D eigenvalue weighted by Crippen LogP contribution is 2.28. The van der Waals surface area contributed by atoms with Gasteiger partial charge in [0.15, 0.2) is 0 Å². The molecule has 0 unspecified atom stereocenters. The lowest BCUT2D eigenvalue weighted by Crippen LogP contribution is -2.58. The number of benzene rings is 1. The van der Waals surface area contributed by atoms with Crippen molar-refractivity contribution in [2.24, 2.45) is 0 Å². The molecule has 1 aromatic carbocycles. The highest BCUT2D eigenvalue weighted by atomic mass is 19.1. The molecule has 2 heterocycles. The SMILES string of the molecule is CN(C(=O)c1cc(-c2ccc(F)cc2)n[nH]1)[C@@H]1CCC[C@@H](N2CCOCC2)[C@@H]1O. The monoisotopic (exact) mass is 402 g/mol. The number of amides is 1. The number of H-pyrrole nitrogens is 1. The minimum Gasteiger partial charge on any atom is -0.389 e. The van der Waals surface area contributed by atoms with Gasteiger partial charge in [-0.3, -0.25) is 14.8 Å². The molecule has 2 aliphatic rings. The fraction of sp³-hybridized carbons (Fsp3) is 0.524. The Labute approximate surface area is 169 Å².